The molecule has 3 nitrogen and oxygen atoms in total. The van der Waals surface area contributed by atoms with Gasteiger partial charge in [-0.15, -0.1) is 0 Å². The lowest BCUT2D eigenvalue weighted by atomic mass is 9.82. The van der Waals surface area contributed by atoms with Gasteiger partial charge in [-0.05, 0) is 76.9 Å². The predicted molar refractivity (Wildman–Crippen MR) is 200 cm³/mol. The van der Waals surface area contributed by atoms with Crippen LogP contribution in [0.4, 0.5) is 0 Å². The average Bonchev–Trinajstić information content (AvgIpc) is 3.83. The minimum absolute atomic E-state index is 0.0232. The van der Waals surface area contributed by atoms with Gasteiger partial charge in [0.25, 0.3) is 0 Å². The van der Waals surface area contributed by atoms with Crippen molar-refractivity contribution in [2.24, 2.45) is 0 Å². The molecule has 0 fully saturated rings. The molecule has 3 heterocycles. The van der Waals surface area contributed by atoms with Crippen LogP contribution in [0.2, 0.25) is 0 Å². The third-order valence-corrected chi connectivity index (χ3v) is 10.9. The van der Waals surface area contributed by atoms with Crippen LogP contribution in [0.1, 0.15) is 25.0 Å². The van der Waals surface area contributed by atoms with Gasteiger partial charge in [-0.2, -0.15) is 0 Å². The number of fused-ring (bicyclic) bond motifs is 13. The van der Waals surface area contributed by atoms with Gasteiger partial charge in [0, 0.05) is 55.2 Å². The van der Waals surface area contributed by atoms with Crippen molar-refractivity contribution >= 4 is 65.6 Å². The zero-order chi connectivity index (χ0) is 31.7. The highest BCUT2D eigenvalue weighted by Crippen LogP contribution is 2.50. The third kappa shape index (κ3) is 3.23. The van der Waals surface area contributed by atoms with E-state index in [4.69, 9.17) is 4.42 Å². The summed E-state index contributed by atoms with van der Waals surface area (Å²) >= 11 is 0. The van der Waals surface area contributed by atoms with Gasteiger partial charge in [-0.3, -0.25) is 0 Å². The maximum atomic E-state index is 6.35. The van der Waals surface area contributed by atoms with Gasteiger partial charge in [0.05, 0.1) is 22.1 Å². The summed E-state index contributed by atoms with van der Waals surface area (Å²) in [4.78, 5) is 0. The van der Waals surface area contributed by atoms with E-state index in [9.17, 15) is 0 Å². The molecule has 1 aliphatic rings. The van der Waals surface area contributed by atoms with E-state index in [-0.39, 0.29) is 5.41 Å². The van der Waals surface area contributed by atoms with E-state index in [1.54, 1.807) is 0 Å². The van der Waals surface area contributed by atoms with Gasteiger partial charge in [-0.25, -0.2) is 0 Å². The lowest BCUT2D eigenvalue weighted by Gasteiger charge is -2.21. The number of nitrogens with zero attached hydrogens (tertiary/aromatic N) is 2. The van der Waals surface area contributed by atoms with Crippen LogP contribution in [0.5, 0.6) is 0 Å². The molecule has 3 heteroatoms. The largest absolute Gasteiger partial charge is 0.456 e. The van der Waals surface area contributed by atoms with Crippen molar-refractivity contribution in [1.29, 1.82) is 0 Å². The molecular weight excluding hydrogens is 585 g/mol. The molecule has 0 spiro atoms. The second-order valence-electron chi connectivity index (χ2n) is 13.7. The Morgan fingerprint density at radius 2 is 0.958 bits per heavy atom. The summed E-state index contributed by atoms with van der Waals surface area (Å²) in [7, 11) is 0. The average molecular weight is 615 g/mol. The fourth-order valence-corrected chi connectivity index (χ4v) is 8.78. The van der Waals surface area contributed by atoms with Gasteiger partial charge in [0.2, 0.25) is 0 Å². The monoisotopic (exact) mass is 614 g/mol. The van der Waals surface area contributed by atoms with E-state index in [2.05, 4.69) is 156 Å². The number of furan rings is 1. The van der Waals surface area contributed by atoms with Crippen molar-refractivity contribution in [3.8, 4) is 22.5 Å². The first-order chi connectivity index (χ1) is 23.6. The zero-order valence-electron chi connectivity index (χ0n) is 26.7. The number of hydrogen-bond acceptors (Lipinski definition) is 1. The van der Waals surface area contributed by atoms with E-state index in [1.165, 1.54) is 71.6 Å². The van der Waals surface area contributed by atoms with Crippen LogP contribution in [0.25, 0.3) is 88.1 Å². The first-order valence-corrected chi connectivity index (χ1v) is 16.7. The summed E-state index contributed by atoms with van der Waals surface area (Å²) in [6.07, 6.45) is 0. The first kappa shape index (κ1) is 26.1. The van der Waals surface area contributed by atoms with Crippen LogP contribution in [0.15, 0.2) is 150 Å². The van der Waals surface area contributed by atoms with Gasteiger partial charge in [-0.1, -0.05) is 98.8 Å². The van der Waals surface area contributed by atoms with E-state index in [0.717, 1.165) is 27.6 Å². The highest BCUT2D eigenvalue weighted by atomic mass is 16.3. The van der Waals surface area contributed by atoms with Crippen LogP contribution >= 0.6 is 0 Å². The molecule has 0 saturated carbocycles. The predicted octanol–water partition coefficient (Wildman–Crippen LogP) is 12.1. The summed E-state index contributed by atoms with van der Waals surface area (Å²) in [6.45, 7) is 4.69. The Bertz CT molecular complexity index is 2980. The fourth-order valence-electron chi connectivity index (χ4n) is 8.78. The highest BCUT2D eigenvalue weighted by molar-refractivity contribution is 6.29. The Labute approximate surface area is 276 Å². The van der Waals surface area contributed by atoms with Crippen molar-refractivity contribution in [3.05, 3.63) is 157 Å². The molecule has 0 bridgehead atoms. The normalized spacial score (nSPS) is 13.8. The van der Waals surface area contributed by atoms with Crippen LogP contribution in [0.3, 0.4) is 0 Å². The number of benzene rings is 7. The Balaban J connectivity index is 1.21. The SMILES string of the molecule is CC1(C)c2ccccc2-c2cc(-n3c4ccccc4c4c5c6ccccc6n(-c6ccc7c(c6)oc6ccccc67)c5ccc43)ccc21. The van der Waals surface area contributed by atoms with Gasteiger partial charge < -0.3 is 13.6 Å². The standard InChI is InChI=1S/C45H30N2O/c1-45(2)35-15-7-3-11-29(35)34-25-27(20-22-36(34)45)46-37-16-8-4-13-32(37)43-39(46)23-24-40-44(43)33-14-5-9-17-38(33)47(40)28-19-21-31-30-12-6-10-18-41(30)48-42(31)26-28/h3-26H,1-2H3. The van der Waals surface area contributed by atoms with Crippen LogP contribution in [-0.2, 0) is 5.41 Å². The molecular formula is C45H30N2O. The number of aromatic nitrogens is 2. The maximum Gasteiger partial charge on any atom is 0.137 e. The van der Waals surface area contributed by atoms with E-state index in [1.807, 2.05) is 12.1 Å². The summed E-state index contributed by atoms with van der Waals surface area (Å²) in [6, 6.07) is 53.2. The second-order valence-corrected chi connectivity index (χ2v) is 13.7. The summed E-state index contributed by atoms with van der Waals surface area (Å²) < 4.78 is 11.2. The molecule has 3 aromatic heterocycles. The molecule has 0 radical (unpaired) electrons. The molecule has 0 N–H and O–H groups in total. The van der Waals surface area contributed by atoms with Crippen molar-refractivity contribution in [3.63, 3.8) is 0 Å². The summed E-state index contributed by atoms with van der Waals surface area (Å²) in [5, 5.41) is 7.35. The minimum atomic E-state index is -0.0232. The zero-order valence-corrected chi connectivity index (χ0v) is 26.7. The molecule has 0 aliphatic heterocycles. The number of rotatable bonds is 2. The first-order valence-electron chi connectivity index (χ1n) is 16.7. The lowest BCUT2D eigenvalue weighted by Crippen LogP contribution is -2.14. The van der Waals surface area contributed by atoms with Crippen molar-refractivity contribution in [1.82, 2.24) is 9.13 Å². The molecule has 0 unspecified atom stereocenters. The molecule has 10 aromatic rings. The number of para-hydroxylation sites is 3. The van der Waals surface area contributed by atoms with Gasteiger partial charge in [0.1, 0.15) is 11.2 Å². The smallest absolute Gasteiger partial charge is 0.137 e. The minimum Gasteiger partial charge on any atom is -0.456 e. The topological polar surface area (TPSA) is 23.0 Å². The fraction of sp³-hybridized carbons (Fsp3) is 0.0667. The Morgan fingerprint density at radius 1 is 0.417 bits per heavy atom. The van der Waals surface area contributed by atoms with Gasteiger partial charge in [0.15, 0.2) is 0 Å². The molecule has 0 amide bonds. The second kappa shape index (κ2) is 9.05. The van der Waals surface area contributed by atoms with Crippen LogP contribution in [0, 0.1) is 0 Å². The van der Waals surface area contributed by atoms with Gasteiger partial charge >= 0.3 is 0 Å². The highest BCUT2D eigenvalue weighted by Gasteiger charge is 2.35. The summed E-state index contributed by atoms with van der Waals surface area (Å²) in [5.74, 6) is 0. The van der Waals surface area contributed by atoms with Crippen LogP contribution < -0.4 is 0 Å². The summed E-state index contributed by atoms with van der Waals surface area (Å²) in [5.41, 5.74) is 14.3. The molecule has 11 rings (SSSR count). The Morgan fingerprint density at radius 3 is 1.69 bits per heavy atom. The molecule has 1 aliphatic carbocycles. The van der Waals surface area contributed by atoms with Crippen molar-refractivity contribution < 1.29 is 4.42 Å². The quantitative estimate of drug-likeness (QED) is 0.190. The number of hydrogen-bond donors (Lipinski definition) is 0. The van der Waals surface area contributed by atoms with Crippen LogP contribution in [-0.4, -0.2) is 9.13 Å². The van der Waals surface area contributed by atoms with E-state index < -0.39 is 0 Å². The molecule has 7 aromatic carbocycles. The third-order valence-electron chi connectivity index (χ3n) is 10.9. The van der Waals surface area contributed by atoms with E-state index >= 15 is 0 Å². The molecule has 0 atom stereocenters. The van der Waals surface area contributed by atoms with E-state index in [0.29, 0.717) is 0 Å². The molecule has 48 heavy (non-hydrogen) atoms. The Hall–Kier alpha value is -6.06. The maximum absolute atomic E-state index is 6.35. The molecule has 226 valence electrons. The Kier molecular flexibility index (Phi) is 4.91. The van der Waals surface area contributed by atoms with Crippen molar-refractivity contribution in [2.75, 3.05) is 0 Å². The lowest BCUT2D eigenvalue weighted by molar-refractivity contribution is 0.660. The molecule has 0 saturated heterocycles. The van der Waals surface area contributed by atoms with Crippen molar-refractivity contribution in [2.45, 2.75) is 19.3 Å².